The third kappa shape index (κ3) is 5.44. The molecule has 0 radical (unpaired) electrons. The first-order chi connectivity index (χ1) is 16.6. The van der Waals surface area contributed by atoms with Gasteiger partial charge in [-0.2, -0.15) is 18.3 Å². The molecule has 4 rings (SSSR count). The van der Waals surface area contributed by atoms with E-state index in [2.05, 4.69) is 31.1 Å². The summed E-state index contributed by atoms with van der Waals surface area (Å²) in [6, 6.07) is 8.13. The van der Waals surface area contributed by atoms with Gasteiger partial charge in [0.05, 0.1) is 41.3 Å². The number of benzene rings is 2. The molecule has 35 heavy (non-hydrogen) atoms. The second-order valence-corrected chi connectivity index (χ2v) is 7.58. The van der Waals surface area contributed by atoms with E-state index in [0.717, 1.165) is 12.1 Å². The summed E-state index contributed by atoms with van der Waals surface area (Å²) in [4.78, 5) is 29.4. The highest BCUT2D eigenvalue weighted by Crippen LogP contribution is 2.36. The van der Waals surface area contributed by atoms with Gasteiger partial charge in [-0.15, -0.1) is 0 Å². The van der Waals surface area contributed by atoms with Crippen LogP contribution in [0.5, 0.6) is 5.75 Å². The minimum atomic E-state index is -4.68. The van der Waals surface area contributed by atoms with Crippen LogP contribution < -0.4 is 20.7 Å². The maximum atomic E-state index is 13.0. The largest absolute Gasteiger partial charge is 0.496 e. The highest BCUT2D eigenvalue weighted by atomic mass is 35.5. The molecular formula is C22H16ClF3N6O3. The van der Waals surface area contributed by atoms with Crippen molar-refractivity contribution in [2.45, 2.75) is 6.18 Å². The molecule has 0 aliphatic rings. The molecule has 180 valence electrons. The van der Waals surface area contributed by atoms with E-state index >= 15 is 0 Å². The monoisotopic (exact) mass is 504 g/mol. The number of alkyl halides is 3. The number of aromatic nitrogens is 3. The van der Waals surface area contributed by atoms with Crippen molar-refractivity contribution in [2.75, 3.05) is 23.1 Å². The van der Waals surface area contributed by atoms with Gasteiger partial charge in [-0.05, 0) is 42.5 Å². The summed E-state index contributed by atoms with van der Waals surface area (Å²) in [5.41, 5.74) is 0.0627. The molecule has 0 saturated heterocycles. The molecule has 0 unspecified atom stereocenters. The molecule has 0 saturated carbocycles. The van der Waals surface area contributed by atoms with Crippen molar-refractivity contribution in [3.8, 4) is 5.75 Å². The molecule has 0 bridgehead atoms. The fourth-order valence-electron chi connectivity index (χ4n) is 3.18. The van der Waals surface area contributed by atoms with Crippen LogP contribution in [0.1, 0.15) is 15.9 Å². The smallest absolute Gasteiger partial charge is 0.417 e. The van der Waals surface area contributed by atoms with E-state index in [0.29, 0.717) is 16.7 Å². The summed E-state index contributed by atoms with van der Waals surface area (Å²) in [5, 5.41) is 14.2. The maximum Gasteiger partial charge on any atom is 0.417 e. The Kier molecular flexibility index (Phi) is 6.47. The number of rotatable bonds is 5. The van der Waals surface area contributed by atoms with E-state index in [4.69, 9.17) is 16.3 Å². The van der Waals surface area contributed by atoms with Crippen LogP contribution in [0, 0.1) is 0 Å². The Balaban J connectivity index is 1.50. The number of ether oxygens (including phenoxy) is 1. The Morgan fingerprint density at radius 2 is 1.69 bits per heavy atom. The van der Waals surface area contributed by atoms with E-state index in [1.165, 1.54) is 37.6 Å². The number of carbonyl (C=O) groups is 2. The highest BCUT2D eigenvalue weighted by molar-refractivity contribution is 6.31. The Morgan fingerprint density at radius 1 is 0.971 bits per heavy atom. The van der Waals surface area contributed by atoms with Gasteiger partial charge < -0.3 is 20.7 Å². The predicted molar refractivity (Wildman–Crippen MR) is 124 cm³/mol. The lowest BCUT2D eigenvalue weighted by Crippen LogP contribution is -2.20. The van der Waals surface area contributed by atoms with Crippen molar-refractivity contribution >= 4 is 51.6 Å². The number of urea groups is 1. The summed E-state index contributed by atoms with van der Waals surface area (Å²) < 4.78 is 44.4. The van der Waals surface area contributed by atoms with Crippen LogP contribution in [-0.2, 0) is 6.18 Å². The van der Waals surface area contributed by atoms with E-state index in [1.807, 2.05) is 0 Å². The Bertz CT molecular complexity index is 1420. The average Bonchev–Trinajstić information content (AvgIpc) is 3.27. The van der Waals surface area contributed by atoms with Gasteiger partial charge in [0.2, 0.25) is 0 Å². The maximum absolute atomic E-state index is 13.0. The number of amides is 3. The second-order valence-electron chi connectivity index (χ2n) is 7.17. The van der Waals surface area contributed by atoms with Gasteiger partial charge in [0.25, 0.3) is 5.91 Å². The van der Waals surface area contributed by atoms with Crippen molar-refractivity contribution in [1.82, 2.24) is 15.2 Å². The third-order valence-corrected chi connectivity index (χ3v) is 5.11. The molecule has 3 amide bonds. The first-order valence-corrected chi connectivity index (χ1v) is 10.2. The van der Waals surface area contributed by atoms with Crippen molar-refractivity contribution < 1.29 is 27.5 Å². The first-order valence-electron chi connectivity index (χ1n) is 9.87. The minimum absolute atomic E-state index is 0.100. The molecule has 0 fully saturated rings. The number of carbonyl (C=O) groups excluding carboxylic acids is 2. The van der Waals surface area contributed by atoms with Crippen LogP contribution in [0.25, 0.3) is 11.0 Å². The predicted octanol–water partition coefficient (Wildman–Crippen LogP) is 5.54. The minimum Gasteiger partial charge on any atom is -0.496 e. The van der Waals surface area contributed by atoms with Gasteiger partial charge >= 0.3 is 12.2 Å². The molecule has 9 nitrogen and oxygen atoms in total. The van der Waals surface area contributed by atoms with Crippen LogP contribution in [0.2, 0.25) is 5.02 Å². The van der Waals surface area contributed by atoms with Crippen LogP contribution in [0.15, 0.2) is 54.9 Å². The van der Waals surface area contributed by atoms with Gasteiger partial charge in [-0.25, -0.2) is 9.78 Å². The standard InChI is InChI=1S/C22H16ClF3N6O3/c1-35-18-5-3-12(30-21(34)31-13-2-4-17(23)16(8-13)22(24,25)26)7-15(18)20(33)29-14-6-11-9-28-32-19(11)27-10-14/h2-10H,1H3,(H,29,33)(H,27,28,32)(H2,30,31,34). The van der Waals surface area contributed by atoms with Gasteiger partial charge in [0.15, 0.2) is 5.65 Å². The van der Waals surface area contributed by atoms with Crippen molar-refractivity contribution in [3.05, 3.63) is 71.0 Å². The number of pyridine rings is 1. The van der Waals surface area contributed by atoms with Gasteiger partial charge in [-0.1, -0.05) is 11.6 Å². The number of nitrogens with zero attached hydrogens (tertiary/aromatic N) is 2. The molecule has 2 aromatic carbocycles. The highest BCUT2D eigenvalue weighted by Gasteiger charge is 2.33. The van der Waals surface area contributed by atoms with Gasteiger partial charge in [0, 0.05) is 16.8 Å². The van der Waals surface area contributed by atoms with E-state index in [-0.39, 0.29) is 22.7 Å². The fraction of sp³-hybridized carbons (Fsp3) is 0.0909. The molecule has 0 atom stereocenters. The third-order valence-electron chi connectivity index (χ3n) is 4.78. The van der Waals surface area contributed by atoms with Crippen LogP contribution >= 0.6 is 11.6 Å². The topological polar surface area (TPSA) is 121 Å². The number of aromatic amines is 1. The second kappa shape index (κ2) is 9.50. The molecule has 2 heterocycles. The van der Waals surface area contributed by atoms with Crippen LogP contribution in [-0.4, -0.2) is 34.2 Å². The number of methoxy groups -OCH3 is 1. The molecule has 0 aliphatic heterocycles. The summed E-state index contributed by atoms with van der Waals surface area (Å²) >= 11 is 5.60. The number of fused-ring (bicyclic) bond motifs is 1. The summed E-state index contributed by atoms with van der Waals surface area (Å²) in [6.07, 6.45) is -1.68. The van der Waals surface area contributed by atoms with E-state index in [1.54, 1.807) is 12.3 Å². The number of halogens is 4. The molecule has 0 spiro atoms. The van der Waals surface area contributed by atoms with E-state index < -0.39 is 28.7 Å². The van der Waals surface area contributed by atoms with Gasteiger partial charge in [-0.3, -0.25) is 9.89 Å². The Labute approximate surface area is 200 Å². The summed E-state index contributed by atoms with van der Waals surface area (Å²) in [5.74, 6) is -0.304. The van der Waals surface area contributed by atoms with Crippen LogP contribution in [0.4, 0.5) is 35.0 Å². The molecular weight excluding hydrogens is 489 g/mol. The lowest BCUT2D eigenvalue weighted by molar-refractivity contribution is -0.137. The fourth-order valence-corrected chi connectivity index (χ4v) is 3.40. The normalized spacial score (nSPS) is 11.2. The SMILES string of the molecule is COc1ccc(NC(=O)Nc2ccc(Cl)c(C(F)(F)F)c2)cc1C(=O)Nc1cnc2[nH]ncc2c1. The zero-order chi connectivity index (χ0) is 25.2. The zero-order valence-electron chi connectivity index (χ0n) is 17.8. The number of hydrogen-bond donors (Lipinski definition) is 4. The molecule has 2 aromatic heterocycles. The lowest BCUT2D eigenvalue weighted by atomic mass is 10.1. The number of anilines is 3. The zero-order valence-corrected chi connectivity index (χ0v) is 18.6. The molecule has 4 N–H and O–H groups in total. The number of hydrogen-bond acceptors (Lipinski definition) is 5. The average molecular weight is 505 g/mol. The molecule has 0 aliphatic carbocycles. The van der Waals surface area contributed by atoms with Gasteiger partial charge in [0.1, 0.15) is 5.75 Å². The van der Waals surface area contributed by atoms with Crippen LogP contribution in [0.3, 0.4) is 0 Å². The quantitative estimate of drug-likeness (QED) is 0.284. The number of H-pyrrole nitrogens is 1. The van der Waals surface area contributed by atoms with Crippen molar-refractivity contribution in [3.63, 3.8) is 0 Å². The lowest BCUT2D eigenvalue weighted by Gasteiger charge is -2.14. The number of nitrogens with one attached hydrogen (secondary N) is 4. The Hall–Kier alpha value is -4.32. The van der Waals surface area contributed by atoms with E-state index in [9.17, 15) is 22.8 Å². The Morgan fingerprint density at radius 3 is 2.40 bits per heavy atom. The molecule has 4 aromatic rings. The molecule has 13 heteroatoms. The summed E-state index contributed by atoms with van der Waals surface area (Å²) in [7, 11) is 1.38. The first kappa shape index (κ1) is 23.8. The van der Waals surface area contributed by atoms with Crippen molar-refractivity contribution in [2.24, 2.45) is 0 Å². The van der Waals surface area contributed by atoms with Crippen molar-refractivity contribution in [1.29, 1.82) is 0 Å². The summed E-state index contributed by atoms with van der Waals surface area (Å²) in [6.45, 7) is 0.